The van der Waals surface area contributed by atoms with E-state index in [1.54, 1.807) is 0 Å². The Bertz CT molecular complexity index is 876. The Morgan fingerprint density at radius 2 is 1.73 bits per heavy atom. The summed E-state index contributed by atoms with van der Waals surface area (Å²) in [5.74, 6) is 0.690. The van der Waals surface area contributed by atoms with Crippen molar-refractivity contribution in [3.05, 3.63) is 53.1 Å². The number of halogens is 3. The van der Waals surface area contributed by atoms with Gasteiger partial charge in [-0.05, 0) is 43.2 Å². The predicted molar refractivity (Wildman–Crippen MR) is 92.7 cm³/mol. The highest BCUT2D eigenvalue weighted by molar-refractivity contribution is 7.89. The van der Waals surface area contributed by atoms with Crippen molar-refractivity contribution < 1.29 is 26.3 Å². The van der Waals surface area contributed by atoms with Crippen molar-refractivity contribution in [1.29, 1.82) is 0 Å². The zero-order valence-corrected chi connectivity index (χ0v) is 15.0. The molecule has 3 N–H and O–H groups in total. The molecule has 0 aliphatic carbocycles. The molecule has 0 aromatic heterocycles. The highest BCUT2D eigenvalue weighted by atomic mass is 32.2. The lowest BCUT2D eigenvalue weighted by molar-refractivity contribution is -0.137. The lowest BCUT2D eigenvalue weighted by atomic mass is 10.1. The number of para-hydroxylation sites is 1. The lowest BCUT2D eigenvalue weighted by Crippen LogP contribution is -2.18. The summed E-state index contributed by atoms with van der Waals surface area (Å²) in [5.41, 5.74) is 0.517. The Morgan fingerprint density at radius 3 is 2.27 bits per heavy atom. The SMILES string of the molecule is Cc1cccc(C)c1OCCNc1ccc(S(N)(=O)=O)cc1C(F)(F)F. The van der Waals surface area contributed by atoms with E-state index in [1.807, 2.05) is 32.0 Å². The molecule has 2 rings (SSSR count). The van der Waals surface area contributed by atoms with Gasteiger partial charge in [-0.15, -0.1) is 0 Å². The molecule has 5 nitrogen and oxygen atoms in total. The van der Waals surface area contributed by atoms with Gasteiger partial charge in [0.05, 0.1) is 10.5 Å². The molecule has 0 aliphatic heterocycles. The number of aryl methyl sites for hydroxylation is 2. The molecular weight excluding hydrogens is 369 g/mol. The zero-order chi connectivity index (χ0) is 19.5. The monoisotopic (exact) mass is 388 g/mol. The van der Waals surface area contributed by atoms with Crippen LogP contribution in [0.3, 0.4) is 0 Å². The summed E-state index contributed by atoms with van der Waals surface area (Å²) in [5, 5.41) is 7.52. The van der Waals surface area contributed by atoms with Crippen LogP contribution in [0.4, 0.5) is 18.9 Å². The number of hydrogen-bond donors (Lipinski definition) is 2. The zero-order valence-electron chi connectivity index (χ0n) is 14.2. The molecule has 2 aromatic carbocycles. The number of nitrogens with one attached hydrogen (secondary N) is 1. The van der Waals surface area contributed by atoms with Crippen LogP contribution >= 0.6 is 0 Å². The Labute approximate surface area is 150 Å². The Morgan fingerprint density at radius 1 is 1.12 bits per heavy atom. The van der Waals surface area contributed by atoms with Crippen molar-refractivity contribution in [2.45, 2.75) is 24.9 Å². The van der Waals surface area contributed by atoms with E-state index in [9.17, 15) is 21.6 Å². The van der Waals surface area contributed by atoms with Gasteiger partial charge in [0.1, 0.15) is 12.4 Å². The molecule has 0 aliphatic rings. The normalized spacial score (nSPS) is 12.1. The van der Waals surface area contributed by atoms with Gasteiger partial charge in [0.2, 0.25) is 10.0 Å². The molecule has 0 fully saturated rings. The molecule has 0 unspecified atom stereocenters. The number of benzene rings is 2. The maximum Gasteiger partial charge on any atom is 0.418 e. The Hall–Kier alpha value is -2.26. The minimum absolute atomic E-state index is 0.103. The summed E-state index contributed by atoms with van der Waals surface area (Å²) >= 11 is 0. The van der Waals surface area contributed by atoms with Crippen molar-refractivity contribution in [3.63, 3.8) is 0 Å². The van der Waals surface area contributed by atoms with Crippen molar-refractivity contribution in [2.75, 3.05) is 18.5 Å². The second kappa shape index (κ2) is 7.55. The van der Waals surface area contributed by atoms with Gasteiger partial charge >= 0.3 is 6.18 Å². The maximum atomic E-state index is 13.2. The fraction of sp³-hybridized carbons (Fsp3) is 0.294. The first-order valence-corrected chi connectivity index (χ1v) is 9.21. The quantitative estimate of drug-likeness (QED) is 0.743. The Balaban J connectivity index is 2.12. The number of sulfonamides is 1. The van der Waals surface area contributed by atoms with Gasteiger partial charge in [-0.25, -0.2) is 13.6 Å². The topological polar surface area (TPSA) is 81.4 Å². The molecular formula is C17H19F3N2O3S. The smallest absolute Gasteiger partial charge is 0.418 e. The van der Waals surface area contributed by atoms with Gasteiger partial charge < -0.3 is 10.1 Å². The number of rotatable bonds is 6. The van der Waals surface area contributed by atoms with Crippen LogP contribution in [0.2, 0.25) is 0 Å². The fourth-order valence-corrected chi connectivity index (χ4v) is 2.99. The van der Waals surface area contributed by atoms with Crippen LogP contribution in [0, 0.1) is 13.8 Å². The largest absolute Gasteiger partial charge is 0.491 e. The molecule has 26 heavy (non-hydrogen) atoms. The minimum atomic E-state index is -4.73. The van der Waals surface area contributed by atoms with Gasteiger partial charge in [-0.3, -0.25) is 0 Å². The van der Waals surface area contributed by atoms with Gasteiger partial charge in [0, 0.05) is 12.2 Å². The maximum absolute atomic E-state index is 13.2. The minimum Gasteiger partial charge on any atom is -0.491 e. The summed E-state index contributed by atoms with van der Waals surface area (Å²) in [6.07, 6.45) is -4.73. The van der Waals surface area contributed by atoms with Crippen LogP contribution in [0.25, 0.3) is 0 Å². The third-order valence-electron chi connectivity index (χ3n) is 3.70. The average Bonchev–Trinajstić information content (AvgIpc) is 2.52. The molecule has 0 atom stereocenters. The first-order chi connectivity index (χ1) is 12.0. The number of alkyl halides is 3. The highest BCUT2D eigenvalue weighted by Crippen LogP contribution is 2.36. The molecule has 9 heteroatoms. The van der Waals surface area contributed by atoms with E-state index in [-0.39, 0.29) is 18.8 Å². The van der Waals surface area contributed by atoms with Crippen LogP contribution in [-0.4, -0.2) is 21.6 Å². The Kier molecular flexibility index (Phi) is 5.82. The molecule has 0 heterocycles. The summed E-state index contributed by atoms with van der Waals surface area (Å²) in [7, 11) is -4.23. The van der Waals surface area contributed by atoms with Crippen LogP contribution in [0.15, 0.2) is 41.3 Å². The van der Waals surface area contributed by atoms with Crippen molar-refractivity contribution >= 4 is 15.7 Å². The van der Waals surface area contributed by atoms with E-state index in [1.165, 1.54) is 0 Å². The number of primary sulfonamides is 1. The van der Waals surface area contributed by atoms with Crippen molar-refractivity contribution in [3.8, 4) is 5.75 Å². The highest BCUT2D eigenvalue weighted by Gasteiger charge is 2.34. The number of ether oxygens (including phenoxy) is 1. The van der Waals surface area contributed by atoms with E-state index in [2.05, 4.69) is 5.32 Å². The predicted octanol–water partition coefficient (Wildman–Crippen LogP) is 3.46. The lowest BCUT2D eigenvalue weighted by Gasteiger charge is -2.16. The van der Waals surface area contributed by atoms with Gasteiger partial charge in [-0.1, -0.05) is 18.2 Å². The number of hydrogen-bond acceptors (Lipinski definition) is 4. The molecule has 142 valence electrons. The van der Waals surface area contributed by atoms with Crippen LogP contribution in [-0.2, 0) is 16.2 Å². The second-order valence-electron chi connectivity index (χ2n) is 5.75. The summed E-state index contributed by atoms with van der Waals surface area (Å²) in [6, 6.07) is 8.23. The first-order valence-electron chi connectivity index (χ1n) is 7.67. The van der Waals surface area contributed by atoms with Crippen LogP contribution in [0.5, 0.6) is 5.75 Å². The van der Waals surface area contributed by atoms with E-state index in [0.29, 0.717) is 11.8 Å². The molecule has 2 aromatic rings. The molecule has 0 saturated heterocycles. The van der Waals surface area contributed by atoms with Gasteiger partial charge in [0.25, 0.3) is 0 Å². The fourth-order valence-electron chi connectivity index (χ4n) is 2.45. The van der Waals surface area contributed by atoms with E-state index >= 15 is 0 Å². The molecule has 0 bridgehead atoms. The van der Waals surface area contributed by atoms with Crippen molar-refractivity contribution in [2.24, 2.45) is 5.14 Å². The summed E-state index contributed by atoms with van der Waals surface area (Å²) < 4.78 is 67.8. The summed E-state index contributed by atoms with van der Waals surface area (Å²) in [4.78, 5) is -0.595. The van der Waals surface area contributed by atoms with Crippen LogP contribution in [0.1, 0.15) is 16.7 Å². The van der Waals surface area contributed by atoms with Gasteiger partial charge in [-0.2, -0.15) is 13.2 Å². The van der Waals surface area contributed by atoms with Gasteiger partial charge in [0.15, 0.2) is 0 Å². The van der Waals surface area contributed by atoms with Crippen molar-refractivity contribution in [1.82, 2.24) is 0 Å². The standard InChI is InChI=1S/C17H19F3N2O3S/c1-11-4-3-5-12(2)16(11)25-9-8-22-15-7-6-13(26(21,23)24)10-14(15)17(18,19)20/h3-7,10,22H,8-9H2,1-2H3,(H2,21,23,24). The molecule has 0 spiro atoms. The average molecular weight is 388 g/mol. The second-order valence-corrected chi connectivity index (χ2v) is 7.31. The third kappa shape index (κ3) is 4.89. The molecule has 0 amide bonds. The first kappa shape index (κ1) is 20.1. The van der Waals surface area contributed by atoms with Crippen LogP contribution < -0.4 is 15.2 Å². The van der Waals surface area contributed by atoms with E-state index < -0.39 is 26.7 Å². The molecule has 0 radical (unpaired) electrons. The number of anilines is 1. The number of nitrogens with two attached hydrogens (primary N) is 1. The summed E-state index contributed by atoms with van der Waals surface area (Å²) in [6.45, 7) is 4.00. The van der Waals surface area contributed by atoms with E-state index in [0.717, 1.165) is 23.3 Å². The third-order valence-corrected chi connectivity index (χ3v) is 4.61. The molecule has 0 saturated carbocycles. The van der Waals surface area contributed by atoms with E-state index in [4.69, 9.17) is 9.88 Å².